The molecule has 0 atom stereocenters. The summed E-state index contributed by atoms with van der Waals surface area (Å²) in [5, 5.41) is 7.92. The standard InChI is InChI=1S/C22H38N8O6/c1-23(27-5-9-35-10-6-27)17-29-19(31)13-25(14-20(29)32)3-4-26-15-21(33)30(22(34)16-26)18-24(2)28-7-11-36-12-8-28/h3-18H2,1-2H3. The SMILES string of the molecule is CN(CN1C(=O)CN(CCN2CC(=O)N(CN(C)N3CCOCC3)C(=O)C2)CC1=O)N1CCOCC1. The Morgan fingerprint density at radius 1 is 0.583 bits per heavy atom. The third-order valence-electron chi connectivity index (χ3n) is 7.00. The van der Waals surface area contributed by atoms with Crippen LogP contribution in [0, 0.1) is 0 Å². The highest BCUT2D eigenvalue weighted by Gasteiger charge is 2.35. The Kier molecular flexibility index (Phi) is 9.35. The number of nitrogens with zero attached hydrogens (tertiary/aromatic N) is 8. The zero-order valence-electron chi connectivity index (χ0n) is 21.3. The highest BCUT2D eigenvalue weighted by molar-refractivity contribution is 6.00. The third-order valence-corrected chi connectivity index (χ3v) is 7.00. The molecule has 0 N–H and O–H groups in total. The molecule has 202 valence electrons. The predicted octanol–water partition coefficient (Wildman–Crippen LogP) is -3.40. The number of imide groups is 2. The van der Waals surface area contributed by atoms with E-state index in [1.54, 1.807) is 9.80 Å². The van der Waals surface area contributed by atoms with Crippen molar-refractivity contribution in [1.82, 2.24) is 39.6 Å². The monoisotopic (exact) mass is 510 g/mol. The average Bonchev–Trinajstić information content (AvgIpc) is 2.88. The van der Waals surface area contributed by atoms with Crippen LogP contribution in [-0.2, 0) is 28.7 Å². The summed E-state index contributed by atoms with van der Waals surface area (Å²) in [4.78, 5) is 57.0. The van der Waals surface area contributed by atoms with Gasteiger partial charge in [0, 0.05) is 53.4 Å². The van der Waals surface area contributed by atoms with E-state index < -0.39 is 0 Å². The van der Waals surface area contributed by atoms with Crippen molar-refractivity contribution in [1.29, 1.82) is 0 Å². The van der Waals surface area contributed by atoms with E-state index in [2.05, 4.69) is 10.0 Å². The van der Waals surface area contributed by atoms with Crippen molar-refractivity contribution in [2.45, 2.75) is 0 Å². The second-order valence-corrected chi connectivity index (χ2v) is 9.58. The quantitative estimate of drug-likeness (QED) is 0.288. The Morgan fingerprint density at radius 2 is 0.889 bits per heavy atom. The van der Waals surface area contributed by atoms with E-state index in [4.69, 9.17) is 9.47 Å². The maximum Gasteiger partial charge on any atom is 0.244 e. The van der Waals surface area contributed by atoms with Crippen LogP contribution in [0.1, 0.15) is 0 Å². The highest BCUT2D eigenvalue weighted by Crippen LogP contribution is 2.11. The molecule has 14 heteroatoms. The third kappa shape index (κ3) is 6.83. The Morgan fingerprint density at radius 3 is 1.19 bits per heavy atom. The van der Waals surface area contributed by atoms with Crippen molar-refractivity contribution >= 4 is 23.6 Å². The molecule has 0 aromatic heterocycles. The van der Waals surface area contributed by atoms with Crippen molar-refractivity contribution in [2.24, 2.45) is 0 Å². The number of carbonyl (C=O) groups is 4. The lowest BCUT2D eigenvalue weighted by atomic mass is 10.2. The second kappa shape index (κ2) is 12.5. The van der Waals surface area contributed by atoms with E-state index in [1.165, 1.54) is 9.80 Å². The number of ether oxygens (including phenoxy) is 2. The van der Waals surface area contributed by atoms with Gasteiger partial charge in [-0.1, -0.05) is 0 Å². The van der Waals surface area contributed by atoms with Gasteiger partial charge in [0.05, 0.1) is 65.9 Å². The van der Waals surface area contributed by atoms with Crippen LogP contribution >= 0.6 is 0 Å². The summed E-state index contributed by atoms with van der Waals surface area (Å²) in [6.07, 6.45) is 0. The maximum absolute atomic E-state index is 12.7. The molecule has 0 saturated carbocycles. The zero-order valence-corrected chi connectivity index (χ0v) is 21.3. The molecular weight excluding hydrogens is 472 g/mol. The van der Waals surface area contributed by atoms with Gasteiger partial charge < -0.3 is 9.47 Å². The lowest BCUT2D eigenvalue weighted by Crippen LogP contribution is -2.61. The molecule has 4 heterocycles. The van der Waals surface area contributed by atoms with E-state index in [9.17, 15) is 19.2 Å². The number of carbonyl (C=O) groups excluding carboxylic acids is 4. The van der Waals surface area contributed by atoms with Crippen molar-refractivity contribution in [3.05, 3.63) is 0 Å². The van der Waals surface area contributed by atoms with Crippen LogP contribution in [0.25, 0.3) is 0 Å². The fraction of sp³-hybridized carbons (Fsp3) is 0.818. The topological polar surface area (TPSA) is 113 Å². The van der Waals surface area contributed by atoms with Crippen molar-refractivity contribution < 1.29 is 28.7 Å². The van der Waals surface area contributed by atoms with E-state index in [0.717, 1.165) is 26.2 Å². The largest absolute Gasteiger partial charge is 0.379 e. The van der Waals surface area contributed by atoms with Gasteiger partial charge in [-0.3, -0.25) is 38.8 Å². The molecule has 14 nitrogen and oxygen atoms in total. The number of hydrogen-bond donors (Lipinski definition) is 0. The van der Waals surface area contributed by atoms with Crippen LogP contribution in [0.2, 0.25) is 0 Å². The van der Waals surface area contributed by atoms with E-state index >= 15 is 0 Å². The van der Waals surface area contributed by atoms with Gasteiger partial charge in [-0.2, -0.15) is 0 Å². The Balaban J connectivity index is 1.20. The van der Waals surface area contributed by atoms with Gasteiger partial charge in [-0.25, -0.2) is 20.0 Å². The molecule has 0 aromatic rings. The van der Waals surface area contributed by atoms with Crippen LogP contribution < -0.4 is 0 Å². The molecule has 0 aromatic carbocycles. The molecule has 4 fully saturated rings. The number of hydrazine groups is 2. The molecule has 0 radical (unpaired) electrons. The van der Waals surface area contributed by atoms with Crippen LogP contribution in [0.5, 0.6) is 0 Å². The normalized spacial score (nSPS) is 24.6. The summed E-state index contributed by atoms with van der Waals surface area (Å²) in [6, 6.07) is 0. The van der Waals surface area contributed by atoms with Gasteiger partial charge in [-0.15, -0.1) is 0 Å². The van der Waals surface area contributed by atoms with E-state index in [1.807, 2.05) is 24.1 Å². The number of morpholine rings is 2. The fourth-order valence-electron chi connectivity index (χ4n) is 4.79. The fourth-order valence-corrected chi connectivity index (χ4v) is 4.79. The predicted molar refractivity (Wildman–Crippen MR) is 127 cm³/mol. The summed E-state index contributed by atoms with van der Waals surface area (Å²) in [6.45, 7) is 7.26. The maximum atomic E-state index is 12.7. The molecule has 4 rings (SSSR count). The van der Waals surface area contributed by atoms with Crippen molar-refractivity contribution in [3.8, 4) is 0 Å². The van der Waals surface area contributed by atoms with Gasteiger partial charge in [0.15, 0.2) is 0 Å². The van der Waals surface area contributed by atoms with Crippen LogP contribution in [0.15, 0.2) is 0 Å². The first-order valence-electron chi connectivity index (χ1n) is 12.5. The van der Waals surface area contributed by atoms with Gasteiger partial charge in [0.25, 0.3) is 0 Å². The minimum absolute atomic E-state index is 0.134. The molecule has 4 amide bonds. The number of amides is 4. The van der Waals surface area contributed by atoms with Crippen LogP contribution in [-0.4, -0.2) is 183 Å². The average molecular weight is 511 g/mol. The van der Waals surface area contributed by atoms with Crippen LogP contribution in [0.3, 0.4) is 0 Å². The summed E-state index contributed by atoms with van der Waals surface area (Å²) in [5.74, 6) is -0.965. The molecule has 4 aliphatic heterocycles. The molecule has 36 heavy (non-hydrogen) atoms. The molecular formula is C22H38N8O6. The number of hydrogen-bond acceptors (Lipinski definition) is 12. The summed E-state index contributed by atoms with van der Waals surface area (Å²) in [7, 11) is 3.73. The van der Waals surface area contributed by atoms with E-state index in [-0.39, 0.29) is 63.1 Å². The highest BCUT2D eigenvalue weighted by atomic mass is 16.5. The molecule has 0 spiro atoms. The summed E-state index contributed by atoms with van der Waals surface area (Å²) >= 11 is 0. The van der Waals surface area contributed by atoms with Gasteiger partial charge >= 0.3 is 0 Å². The second-order valence-electron chi connectivity index (χ2n) is 9.58. The minimum atomic E-state index is -0.241. The first-order chi connectivity index (χ1) is 17.3. The lowest BCUT2D eigenvalue weighted by molar-refractivity contribution is -0.164. The number of piperazine rings is 2. The molecule has 0 unspecified atom stereocenters. The first kappa shape index (κ1) is 27.0. The number of rotatable bonds is 9. The molecule has 0 bridgehead atoms. The molecule has 0 aliphatic carbocycles. The van der Waals surface area contributed by atoms with Gasteiger partial charge in [-0.05, 0) is 0 Å². The Labute approximate surface area is 211 Å². The summed E-state index contributed by atoms with van der Waals surface area (Å²) < 4.78 is 10.7. The van der Waals surface area contributed by atoms with Crippen LogP contribution in [0.4, 0.5) is 0 Å². The Hall–Kier alpha value is -2.04. The smallest absolute Gasteiger partial charge is 0.244 e. The minimum Gasteiger partial charge on any atom is -0.379 e. The molecule has 4 saturated heterocycles. The summed E-state index contributed by atoms with van der Waals surface area (Å²) in [5.41, 5.74) is 0. The van der Waals surface area contributed by atoms with E-state index in [0.29, 0.717) is 39.5 Å². The Bertz CT molecular complexity index is 716. The zero-order chi connectivity index (χ0) is 25.7. The first-order valence-corrected chi connectivity index (χ1v) is 12.5. The van der Waals surface area contributed by atoms with Crippen molar-refractivity contribution in [2.75, 3.05) is 119 Å². The lowest BCUT2D eigenvalue weighted by Gasteiger charge is -2.41. The van der Waals surface area contributed by atoms with Crippen molar-refractivity contribution in [3.63, 3.8) is 0 Å². The molecule has 4 aliphatic rings. The van der Waals surface area contributed by atoms with Gasteiger partial charge in [0.2, 0.25) is 23.6 Å². The van der Waals surface area contributed by atoms with Gasteiger partial charge in [0.1, 0.15) is 0 Å².